The van der Waals surface area contributed by atoms with Crippen LogP contribution in [0, 0.1) is 11.3 Å². The minimum Gasteiger partial charge on any atom is -0.380 e. The number of carbonyl (C=O) groups excluding carboxylic acids is 1. The molecule has 2 aliphatic heterocycles. The first-order chi connectivity index (χ1) is 14.1. The molecule has 0 saturated carbocycles. The van der Waals surface area contributed by atoms with E-state index >= 15 is 0 Å². The van der Waals surface area contributed by atoms with Crippen LogP contribution >= 0.6 is 0 Å². The van der Waals surface area contributed by atoms with Crippen LogP contribution in [0.5, 0.6) is 0 Å². The van der Waals surface area contributed by atoms with E-state index in [1.807, 2.05) is 18.2 Å². The predicted molar refractivity (Wildman–Crippen MR) is 117 cm³/mol. The van der Waals surface area contributed by atoms with E-state index in [1.54, 1.807) is 11.1 Å². The van der Waals surface area contributed by atoms with Crippen molar-refractivity contribution in [2.24, 2.45) is 11.3 Å². The molecule has 3 heterocycles. The molecule has 1 N–H and O–H groups in total. The van der Waals surface area contributed by atoms with Crippen molar-refractivity contribution in [2.75, 3.05) is 31.6 Å². The second-order valence-electron chi connectivity index (χ2n) is 9.84. The van der Waals surface area contributed by atoms with E-state index in [1.165, 1.54) is 5.56 Å². The lowest BCUT2D eigenvalue weighted by Crippen LogP contribution is -2.63. The number of aromatic nitrogens is 2. The van der Waals surface area contributed by atoms with Crippen LogP contribution in [0.4, 0.5) is 5.82 Å². The molecule has 0 bridgehead atoms. The Labute approximate surface area is 178 Å². The standard InChI is InChI=1S/C24H32N4O2/c1-16(2)18-6-8-19(9-7-18)24(30,23(4)14-27(5)15-23)20-11-21(26-25-12-20)28-13-17(3)10-22(28)29/h6-9,11-12,16-17,30H,10,13-15H2,1-5H3. The molecule has 2 fully saturated rings. The summed E-state index contributed by atoms with van der Waals surface area (Å²) in [6.45, 7) is 10.7. The number of hydrogen-bond donors (Lipinski definition) is 1. The fourth-order valence-electron chi connectivity index (χ4n) is 5.14. The Bertz CT molecular complexity index is 936. The zero-order valence-electron chi connectivity index (χ0n) is 18.6. The lowest BCUT2D eigenvalue weighted by Gasteiger charge is -2.55. The molecule has 0 aliphatic carbocycles. The van der Waals surface area contributed by atoms with Crippen LogP contribution in [0.2, 0.25) is 0 Å². The van der Waals surface area contributed by atoms with Crippen molar-refractivity contribution in [3.8, 4) is 0 Å². The Morgan fingerprint density at radius 2 is 1.87 bits per heavy atom. The minimum absolute atomic E-state index is 0.0633. The van der Waals surface area contributed by atoms with Crippen LogP contribution in [-0.4, -0.2) is 52.8 Å². The Kier molecular flexibility index (Phi) is 5.19. The molecular formula is C24H32N4O2. The van der Waals surface area contributed by atoms with Gasteiger partial charge in [0.05, 0.1) is 6.20 Å². The molecule has 0 radical (unpaired) electrons. The van der Waals surface area contributed by atoms with Crippen LogP contribution in [0.1, 0.15) is 56.7 Å². The summed E-state index contributed by atoms with van der Waals surface area (Å²) in [5.41, 5.74) is 1.18. The second-order valence-corrected chi connectivity index (χ2v) is 9.84. The Morgan fingerprint density at radius 3 is 2.40 bits per heavy atom. The average molecular weight is 409 g/mol. The van der Waals surface area contributed by atoms with Gasteiger partial charge in [0.25, 0.3) is 0 Å². The van der Waals surface area contributed by atoms with Crippen molar-refractivity contribution in [3.05, 3.63) is 53.2 Å². The molecule has 160 valence electrons. The highest BCUT2D eigenvalue weighted by Gasteiger charge is 2.55. The topological polar surface area (TPSA) is 69.6 Å². The summed E-state index contributed by atoms with van der Waals surface area (Å²) < 4.78 is 0. The number of amides is 1. The van der Waals surface area contributed by atoms with Crippen molar-refractivity contribution < 1.29 is 9.90 Å². The van der Waals surface area contributed by atoms with Crippen molar-refractivity contribution in [2.45, 2.75) is 45.6 Å². The van der Waals surface area contributed by atoms with Crippen molar-refractivity contribution in [1.82, 2.24) is 15.1 Å². The molecule has 1 aromatic heterocycles. The van der Waals surface area contributed by atoms with Crippen LogP contribution in [0.15, 0.2) is 36.5 Å². The van der Waals surface area contributed by atoms with Gasteiger partial charge in [-0.2, -0.15) is 5.10 Å². The van der Waals surface area contributed by atoms with E-state index < -0.39 is 5.60 Å². The van der Waals surface area contributed by atoms with Gasteiger partial charge in [-0.05, 0) is 36.1 Å². The summed E-state index contributed by atoms with van der Waals surface area (Å²) in [7, 11) is 2.06. The highest BCUT2D eigenvalue weighted by atomic mass is 16.3. The van der Waals surface area contributed by atoms with Crippen LogP contribution < -0.4 is 4.90 Å². The monoisotopic (exact) mass is 408 g/mol. The Hall–Kier alpha value is -2.31. The second kappa shape index (κ2) is 7.43. The molecule has 30 heavy (non-hydrogen) atoms. The van der Waals surface area contributed by atoms with Crippen molar-refractivity contribution in [3.63, 3.8) is 0 Å². The van der Waals surface area contributed by atoms with Gasteiger partial charge in [0.2, 0.25) is 5.91 Å². The van der Waals surface area contributed by atoms with Gasteiger partial charge in [-0.25, -0.2) is 0 Å². The molecule has 2 aliphatic rings. The van der Waals surface area contributed by atoms with E-state index in [9.17, 15) is 9.90 Å². The van der Waals surface area contributed by atoms with Gasteiger partial charge in [-0.15, -0.1) is 5.10 Å². The van der Waals surface area contributed by atoms with Gasteiger partial charge < -0.3 is 10.0 Å². The van der Waals surface area contributed by atoms with Gasteiger partial charge in [0, 0.05) is 37.0 Å². The lowest BCUT2D eigenvalue weighted by atomic mass is 9.62. The third kappa shape index (κ3) is 3.32. The number of nitrogens with zero attached hydrogens (tertiary/aromatic N) is 4. The van der Waals surface area contributed by atoms with Crippen molar-refractivity contribution in [1.29, 1.82) is 0 Å². The van der Waals surface area contributed by atoms with Crippen LogP contribution in [0.25, 0.3) is 0 Å². The number of benzene rings is 1. The highest BCUT2D eigenvalue weighted by Crippen LogP contribution is 2.50. The molecule has 6 heteroatoms. The first kappa shape index (κ1) is 20.9. The summed E-state index contributed by atoms with van der Waals surface area (Å²) in [5, 5.41) is 20.7. The fourth-order valence-corrected chi connectivity index (χ4v) is 5.14. The fraction of sp³-hybridized carbons (Fsp3) is 0.542. The molecule has 4 rings (SSSR count). The van der Waals surface area contributed by atoms with E-state index in [0.29, 0.717) is 36.2 Å². The van der Waals surface area contributed by atoms with E-state index in [-0.39, 0.29) is 11.3 Å². The normalized spacial score (nSPS) is 23.5. The molecule has 6 nitrogen and oxygen atoms in total. The maximum Gasteiger partial charge on any atom is 0.228 e. The van der Waals surface area contributed by atoms with Crippen molar-refractivity contribution >= 4 is 11.7 Å². The van der Waals surface area contributed by atoms with Gasteiger partial charge in [0.1, 0.15) is 5.60 Å². The van der Waals surface area contributed by atoms with Gasteiger partial charge >= 0.3 is 0 Å². The number of likely N-dealkylation sites (tertiary alicyclic amines) is 1. The molecule has 1 aromatic carbocycles. The number of carbonyl (C=O) groups is 1. The average Bonchev–Trinajstić information content (AvgIpc) is 3.04. The highest BCUT2D eigenvalue weighted by molar-refractivity contribution is 5.94. The minimum atomic E-state index is -1.23. The zero-order chi connectivity index (χ0) is 21.7. The Morgan fingerprint density at radius 1 is 1.20 bits per heavy atom. The van der Waals surface area contributed by atoms with Gasteiger partial charge in [0.15, 0.2) is 5.82 Å². The largest absolute Gasteiger partial charge is 0.380 e. The first-order valence-electron chi connectivity index (χ1n) is 10.8. The zero-order valence-corrected chi connectivity index (χ0v) is 18.6. The molecule has 2 unspecified atom stereocenters. The molecular weight excluding hydrogens is 376 g/mol. The summed E-state index contributed by atoms with van der Waals surface area (Å²) in [5.74, 6) is 1.31. The lowest BCUT2D eigenvalue weighted by molar-refractivity contribution is -0.127. The molecule has 0 spiro atoms. The van der Waals surface area contributed by atoms with E-state index in [0.717, 1.165) is 18.7 Å². The molecule has 2 saturated heterocycles. The predicted octanol–water partition coefficient (Wildman–Crippen LogP) is 3.16. The number of hydrogen-bond acceptors (Lipinski definition) is 5. The smallest absolute Gasteiger partial charge is 0.228 e. The summed E-state index contributed by atoms with van der Waals surface area (Å²) in [6, 6.07) is 10.1. The third-order valence-corrected chi connectivity index (χ3v) is 6.76. The maximum absolute atomic E-state index is 12.4. The summed E-state index contributed by atoms with van der Waals surface area (Å²) in [4.78, 5) is 16.3. The number of aliphatic hydroxyl groups is 1. The van der Waals surface area contributed by atoms with Gasteiger partial charge in [-0.1, -0.05) is 52.0 Å². The number of anilines is 1. The molecule has 1 amide bonds. The van der Waals surface area contributed by atoms with E-state index in [4.69, 9.17) is 0 Å². The Balaban J connectivity index is 1.79. The van der Waals surface area contributed by atoms with Crippen LogP contribution in [-0.2, 0) is 10.4 Å². The third-order valence-electron chi connectivity index (χ3n) is 6.76. The maximum atomic E-state index is 12.4. The summed E-state index contributed by atoms with van der Waals surface area (Å²) in [6.07, 6.45) is 2.17. The van der Waals surface area contributed by atoms with Gasteiger partial charge in [-0.3, -0.25) is 9.69 Å². The van der Waals surface area contributed by atoms with Crippen LogP contribution in [0.3, 0.4) is 0 Å². The SMILES string of the molecule is CC1CC(=O)N(c2cc(C(O)(c3ccc(C(C)C)cc3)C3(C)CN(C)C3)cnn2)C1. The quantitative estimate of drug-likeness (QED) is 0.823. The number of rotatable bonds is 5. The van der Waals surface area contributed by atoms with E-state index in [2.05, 4.69) is 62.0 Å². The molecule has 2 aromatic rings. The first-order valence-corrected chi connectivity index (χ1v) is 10.8. The summed E-state index contributed by atoms with van der Waals surface area (Å²) >= 11 is 0. The molecule has 2 atom stereocenters.